The molecule has 0 saturated heterocycles. The molecular weight excluding hydrogens is 164 g/mol. The van der Waals surface area contributed by atoms with Crippen molar-refractivity contribution in [1.29, 1.82) is 0 Å². The lowest BCUT2D eigenvalue weighted by molar-refractivity contribution is 0.727. The Hall–Kier alpha value is -1.25. The van der Waals surface area contributed by atoms with Crippen molar-refractivity contribution in [3.05, 3.63) is 28.7 Å². The van der Waals surface area contributed by atoms with Crippen LogP contribution in [0.15, 0.2) is 23.1 Å². The van der Waals surface area contributed by atoms with E-state index >= 15 is 0 Å². The maximum Gasteiger partial charge on any atom is 0.250 e. The van der Waals surface area contributed by atoms with E-state index in [1.54, 1.807) is 10.6 Å². The number of pyridine rings is 1. The van der Waals surface area contributed by atoms with E-state index in [1.165, 1.54) is 12.8 Å². The van der Waals surface area contributed by atoms with Gasteiger partial charge in [-0.05, 0) is 25.8 Å². The van der Waals surface area contributed by atoms with E-state index < -0.39 is 0 Å². The molecule has 1 heterocycles. The summed E-state index contributed by atoms with van der Waals surface area (Å²) >= 11 is 0. The van der Waals surface area contributed by atoms with E-state index in [4.69, 9.17) is 0 Å². The topological polar surface area (TPSA) is 34.0 Å². The minimum atomic E-state index is 0.0730. The molecule has 0 aliphatic heterocycles. The van der Waals surface area contributed by atoms with Crippen LogP contribution in [0.1, 0.15) is 19.8 Å². The summed E-state index contributed by atoms with van der Waals surface area (Å²) in [6.45, 7) is 2.71. The van der Waals surface area contributed by atoms with Crippen molar-refractivity contribution in [2.45, 2.75) is 32.4 Å². The highest BCUT2D eigenvalue weighted by Crippen LogP contribution is 2.23. The van der Waals surface area contributed by atoms with Gasteiger partial charge in [0.05, 0.1) is 5.69 Å². The number of hydrogen-bond acceptors (Lipinski definition) is 2. The van der Waals surface area contributed by atoms with Crippen LogP contribution in [0.4, 0.5) is 5.69 Å². The van der Waals surface area contributed by atoms with E-state index in [-0.39, 0.29) is 5.56 Å². The minimum absolute atomic E-state index is 0.0730. The molecule has 0 bridgehead atoms. The molecule has 13 heavy (non-hydrogen) atoms. The predicted octanol–water partition coefficient (Wildman–Crippen LogP) is 1.44. The van der Waals surface area contributed by atoms with Gasteiger partial charge in [-0.1, -0.05) is 0 Å². The van der Waals surface area contributed by atoms with Gasteiger partial charge in [0.2, 0.25) is 0 Å². The molecule has 3 heteroatoms. The third kappa shape index (κ3) is 1.91. The first kappa shape index (κ1) is 8.35. The van der Waals surface area contributed by atoms with E-state index in [0.717, 1.165) is 12.2 Å². The van der Waals surface area contributed by atoms with E-state index in [0.29, 0.717) is 6.04 Å². The fraction of sp³-hybridized carbons (Fsp3) is 0.500. The van der Waals surface area contributed by atoms with E-state index in [1.807, 2.05) is 19.2 Å². The van der Waals surface area contributed by atoms with Crippen molar-refractivity contribution >= 4 is 5.69 Å². The second-order valence-electron chi connectivity index (χ2n) is 3.46. The molecule has 0 unspecified atom stereocenters. The molecule has 1 aliphatic carbocycles. The second-order valence-corrected chi connectivity index (χ2v) is 3.46. The Labute approximate surface area is 77.4 Å². The monoisotopic (exact) mass is 178 g/mol. The number of anilines is 1. The lowest BCUT2D eigenvalue weighted by Gasteiger charge is -2.07. The van der Waals surface area contributed by atoms with Crippen molar-refractivity contribution in [3.63, 3.8) is 0 Å². The third-order valence-corrected chi connectivity index (χ3v) is 2.27. The van der Waals surface area contributed by atoms with Crippen molar-refractivity contribution in [1.82, 2.24) is 4.57 Å². The normalized spacial score (nSPS) is 15.8. The molecule has 0 atom stereocenters. The van der Waals surface area contributed by atoms with Crippen LogP contribution < -0.4 is 10.9 Å². The SMILES string of the molecule is CCn1cc(NC2CC2)ccc1=O. The van der Waals surface area contributed by atoms with Crippen LogP contribution in [0.5, 0.6) is 0 Å². The highest BCUT2D eigenvalue weighted by atomic mass is 16.1. The minimum Gasteiger partial charge on any atom is -0.381 e. The van der Waals surface area contributed by atoms with Crippen LogP contribution in [0, 0.1) is 0 Å². The highest BCUT2D eigenvalue weighted by Gasteiger charge is 2.20. The molecule has 0 amide bonds. The van der Waals surface area contributed by atoms with E-state index in [2.05, 4.69) is 5.32 Å². The van der Waals surface area contributed by atoms with Crippen molar-refractivity contribution in [3.8, 4) is 0 Å². The van der Waals surface area contributed by atoms with Gasteiger partial charge in [-0.25, -0.2) is 0 Å². The van der Waals surface area contributed by atoms with Gasteiger partial charge in [0.15, 0.2) is 0 Å². The predicted molar refractivity (Wildman–Crippen MR) is 53.0 cm³/mol. The lowest BCUT2D eigenvalue weighted by Crippen LogP contribution is -2.18. The van der Waals surface area contributed by atoms with E-state index in [9.17, 15) is 4.79 Å². The van der Waals surface area contributed by atoms with Crippen LogP contribution in [0.25, 0.3) is 0 Å². The Bertz CT molecular complexity index is 352. The second kappa shape index (κ2) is 3.24. The zero-order valence-electron chi connectivity index (χ0n) is 7.79. The van der Waals surface area contributed by atoms with Gasteiger partial charge in [-0.2, -0.15) is 0 Å². The summed E-state index contributed by atoms with van der Waals surface area (Å²) in [6, 6.07) is 4.11. The molecule has 0 spiro atoms. The standard InChI is InChI=1S/C10H14N2O/c1-2-12-7-9(5-6-10(12)13)11-8-3-4-8/h5-8,11H,2-4H2,1H3. The number of nitrogens with one attached hydrogen (secondary N) is 1. The number of aromatic nitrogens is 1. The molecule has 70 valence electrons. The summed E-state index contributed by atoms with van der Waals surface area (Å²) in [6.07, 6.45) is 4.40. The van der Waals surface area contributed by atoms with Crippen LogP contribution in [-0.2, 0) is 6.54 Å². The zero-order chi connectivity index (χ0) is 9.26. The average molecular weight is 178 g/mol. The number of nitrogens with zero attached hydrogens (tertiary/aromatic N) is 1. The molecule has 1 saturated carbocycles. The molecule has 3 nitrogen and oxygen atoms in total. The van der Waals surface area contributed by atoms with Crippen LogP contribution in [-0.4, -0.2) is 10.6 Å². The van der Waals surface area contributed by atoms with Crippen molar-refractivity contribution in [2.24, 2.45) is 0 Å². The summed E-state index contributed by atoms with van der Waals surface area (Å²) < 4.78 is 1.71. The van der Waals surface area contributed by atoms with Crippen LogP contribution >= 0.6 is 0 Å². The average Bonchev–Trinajstić information content (AvgIpc) is 2.92. The van der Waals surface area contributed by atoms with Gasteiger partial charge in [-0.15, -0.1) is 0 Å². The summed E-state index contributed by atoms with van der Waals surface area (Å²) in [5.74, 6) is 0. The Balaban J connectivity index is 2.21. The molecule has 1 aromatic heterocycles. The summed E-state index contributed by atoms with van der Waals surface area (Å²) in [4.78, 5) is 11.2. The maximum atomic E-state index is 11.2. The lowest BCUT2D eigenvalue weighted by atomic mass is 10.4. The summed E-state index contributed by atoms with van der Waals surface area (Å²) in [7, 11) is 0. The summed E-state index contributed by atoms with van der Waals surface area (Å²) in [5.41, 5.74) is 1.13. The first-order valence-electron chi connectivity index (χ1n) is 4.76. The Kier molecular flexibility index (Phi) is 2.08. The molecule has 1 fully saturated rings. The van der Waals surface area contributed by atoms with Crippen molar-refractivity contribution < 1.29 is 0 Å². The quantitative estimate of drug-likeness (QED) is 0.760. The first-order chi connectivity index (χ1) is 6.29. The van der Waals surface area contributed by atoms with Crippen LogP contribution in [0.2, 0.25) is 0 Å². The molecule has 0 aromatic carbocycles. The number of aryl methyl sites for hydroxylation is 1. The summed E-state index contributed by atoms with van der Waals surface area (Å²) in [5, 5.41) is 3.36. The number of hydrogen-bond donors (Lipinski definition) is 1. The maximum absolute atomic E-state index is 11.2. The molecular formula is C10H14N2O. The zero-order valence-corrected chi connectivity index (χ0v) is 7.79. The fourth-order valence-electron chi connectivity index (χ4n) is 1.33. The van der Waals surface area contributed by atoms with Gasteiger partial charge in [0, 0.05) is 24.8 Å². The molecule has 0 radical (unpaired) electrons. The van der Waals surface area contributed by atoms with Gasteiger partial charge in [0.25, 0.3) is 5.56 Å². The Morgan fingerprint density at radius 2 is 2.31 bits per heavy atom. The van der Waals surface area contributed by atoms with Gasteiger partial charge in [-0.3, -0.25) is 4.79 Å². The largest absolute Gasteiger partial charge is 0.381 e. The fourth-order valence-corrected chi connectivity index (χ4v) is 1.33. The molecule has 2 rings (SSSR count). The van der Waals surface area contributed by atoms with Gasteiger partial charge >= 0.3 is 0 Å². The smallest absolute Gasteiger partial charge is 0.250 e. The first-order valence-corrected chi connectivity index (χ1v) is 4.76. The number of rotatable bonds is 3. The van der Waals surface area contributed by atoms with Gasteiger partial charge < -0.3 is 9.88 Å². The molecule has 1 N–H and O–H groups in total. The Morgan fingerprint density at radius 1 is 1.54 bits per heavy atom. The molecule has 1 aromatic rings. The van der Waals surface area contributed by atoms with Crippen molar-refractivity contribution in [2.75, 3.05) is 5.32 Å². The highest BCUT2D eigenvalue weighted by molar-refractivity contribution is 5.42. The third-order valence-electron chi connectivity index (χ3n) is 2.27. The molecule has 1 aliphatic rings. The van der Waals surface area contributed by atoms with Crippen LogP contribution in [0.3, 0.4) is 0 Å². The Morgan fingerprint density at radius 3 is 2.92 bits per heavy atom. The van der Waals surface area contributed by atoms with Gasteiger partial charge in [0.1, 0.15) is 0 Å².